The van der Waals surface area contributed by atoms with E-state index < -0.39 is 5.60 Å². The first-order valence-corrected chi connectivity index (χ1v) is 5.63. The van der Waals surface area contributed by atoms with Crippen LogP contribution in [0.5, 0.6) is 0 Å². The summed E-state index contributed by atoms with van der Waals surface area (Å²) in [6, 6.07) is 0. The van der Waals surface area contributed by atoms with Gasteiger partial charge in [-0.25, -0.2) is 0 Å². The molecule has 1 aliphatic rings. The van der Waals surface area contributed by atoms with Crippen LogP contribution in [0.1, 0.15) is 46.0 Å². The number of aliphatic hydroxyl groups is 1. The Morgan fingerprint density at radius 3 is 2.85 bits per heavy atom. The second-order valence-corrected chi connectivity index (χ2v) is 4.38. The molecule has 1 aliphatic carbocycles. The van der Waals surface area contributed by atoms with Crippen molar-refractivity contribution in [1.82, 2.24) is 5.32 Å². The lowest BCUT2D eigenvalue weighted by Crippen LogP contribution is -2.44. The van der Waals surface area contributed by atoms with Crippen molar-refractivity contribution in [1.29, 1.82) is 0 Å². The Morgan fingerprint density at radius 1 is 1.46 bits per heavy atom. The molecule has 0 aliphatic heterocycles. The van der Waals surface area contributed by atoms with E-state index in [1.54, 1.807) is 0 Å². The molecular formula is C11H23NO. The molecule has 1 rings (SSSR count). The summed E-state index contributed by atoms with van der Waals surface area (Å²) in [5.41, 5.74) is -0.408. The zero-order chi connectivity index (χ0) is 9.73. The molecule has 0 aromatic rings. The number of nitrogens with one attached hydrogen (secondary N) is 1. The summed E-state index contributed by atoms with van der Waals surface area (Å²) in [6.45, 7) is 6.05. The van der Waals surface area contributed by atoms with Gasteiger partial charge in [-0.15, -0.1) is 0 Å². The molecule has 2 heteroatoms. The molecule has 2 unspecified atom stereocenters. The van der Waals surface area contributed by atoms with E-state index in [0.29, 0.717) is 0 Å². The maximum absolute atomic E-state index is 10.2. The van der Waals surface area contributed by atoms with Crippen molar-refractivity contribution in [2.24, 2.45) is 5.92 Å². The van der Waals surface area contributed by atoms with E-state index in [2.05, 4.69) is 19.2 Å². The molecule has 0 bridgehead atoms. The van der Waals surface area contributed by atoms with Crippen molar-refractivity contribution in [3.8, 4) is 0 Å². The van der Waals surface area contributed by atoms with E-state index in [4.69, 9.17) is 0 Å². The zero-order valence-corrected chi connectivity index (χ0v) is 8.97. The molecule has 1 fully saturated rings. The highest BCUT2D eigenvalue weighted by Gasteiger charge is 2.32. The standard InChI is InChI=1S/C11H23NO/c1-3-10-6-5-7-11(13,8-10)9-12-4-2/h10,12-13H,3-9H2,1-2H3. The van der Waals surface area contributed by atoms with Crippen LogP contribution in [0.4, 0.5) is 0 Å². The van der Waals surface area contributed by atoms with Crippen molar-refractivity contribution in [3.05, 3.63) is 0 Å². The molecule has 0 radical (unpaired) electrons. The van der Waals surface area contributed by atoms with Crippen LogP contribution in [0, 0.1) is 5.92 Å². The van der Waals surface area contributed by atoms with Crippen LogP contribution in [0.15, 0.2) is 0 Å². The average Bonchev–Trinajstić information content (AvgIpc) is 2.15. The maximum atomic E-state index is 10.2. The molecule has 2 atom stereocenters. The highest BCUT2D eigenvalue weighted by Crippen LogP contribution is 2.33. The minimum Gasteiger partial charge on any atom is -0.389 e. The predicted molar refractivity (Wildman–Crippen MR) is 55.7 cm³/mol. The van der Waals surface area contributed by atoms with E-state index in [9.17, 15) is 5.11 Å². The number of hydrogen-bond acceptors (Lipinski definition) is 2. The molecule has 0 spiro atoms. The van der Waals surface area contributed by atoms with Crippen molar-refractivity contribution in [2.75, 3.05) is 13.1 Å². The van der Waals surface area contributed by atoms with Crippen LogP contribution in [0.2, 0.25) is 0 Å². The molecule has 2 nitrogen and oxygen atoms in total. The third-order valence-corrected chi connectivity index (χ3v) is 3.20. The molecule has 0 aromatic carbocycles. The van der Waals surface area contributed by atoms with Gasteiger partial charge in [-0.1, -0.05) is 33.1 Å². The Labute approximate surface area is 81.7 Å². The van der Waals surface area contributed by atoms with Gasteiger partial charge in [0.15, 0.2) is 0 Å². The van der Waals surface area contributed by atoms with Crippen LogP contribution in [-0.4, -0.2) is 23.8 Å². The molecule has 2 N–H and O–H groups in total. The predicted octanol–water partition coefficient (Wildman–Crippen LogP) is 1.93. The Morgan fingerprint density at radius 2 is 2.23 bits per heavy atom. The molecule has 0 saturated heterocycles. The third-order valence-electron chi connectivity index (χ3n) is 3.20. The van der Waals surface area contributed by atoms with Crippen molar-refractivity contribution < 1.29 is 5.11 Å². The smallest absolute Gasteiger partial charge is 0.0774 e. The molecule has 1 saturated carbocycles. The zero-order valence-electron chi connectivity index (χ0n) is 8.97. The van der Waals surface area contributed by atoms with Crippen LogP contribution in [0.25, 0.3) is 0 Å². The van der Waals surface area contributed by atoms with Crippen molar-refractivity contribution in [3.63, 3.8) is 0 Å². The van der Waals surface area contributed by atoms with E-state index >= 15 is 0 Å². The summed E-state index contributed by atoms with van der Waals surface area (Å²) in [7, 11) is 0. The van der Waals surface area contributed by atoms with Crippen molar-refractivity contribution >= 4 is 0 Å². The quantitative estimate of drug-likeness (QED) is 0.701. The van der Waals surface area contributed by atoms with Crippen LogP contribution in [0.3, 0.4) is 0 Å². The first kappa shape index (κ1) is 11.0. The van der Waals surface area contributed by atoms with Gasteiger partial charge < -0.3 is 10.4 Å². The fourth-order valence-corrected chi connectivity index (χ4v) is 2.33. The van der Waals surface area contributed by atoms with E-state index in [1.807, 2.05) is 0 Å². The molecule has 0 heterocycles. The summed E-state index contributed by atoms with van der Waals surface area (Å²) in [4.78, 5) is 0. The summed E-state index contributed by atoms with van der Waals surface area (Å²) < 4.78 is 0. The van der Waals surface area contributed by atoms with Gasteiger partial charge in [-0.05, 0) is 25.3 Å². The van der Waals surface area contributed by atoms with E-state index in [0.717, 1.165) is 31.8 Å². The van der Waals surface area contributed by atoms with Crippen LogP contribution in [-0.2, 0) is 0 Å². The summed E-state index contributed by atoms with van der Waals surface area (Å²) in [5.74, 6) is 0.748. The van der Waals surface area contributed by atoms with Gasteiger partial charge in [0.1, 0.15) is 0 Å². The number of likely N-dealkylation sites (N-methyl/N-ethyl adjacent to an activating group) is 1. The average molecular weight is 185 g/mol. The second-order valence-electron chi connectivity index (χ2n) is 4.38. The topological polar surface area (TPSA) is 32.3 Å². The monoisotopic (exact) mass is 185 g/mol. The highest BCUT2D eigenvalue weighted by molar-refractivity contribution is 4.87. The minimum absolute atomic E-state index is 0.408. The van der Waals surface area contributed by atoms with E-state index in [-0.39, 0.29) is 0 Å². The van der Waals surface area contributed by atoms with E-state index in [1.165, 1.54) is 19.3 Å². The molecular weight excluding hydrogens is 162 g/mol. The van der Waals surface area contributed by atoms with Gasteiger partial charge in [0, 0.05) is 6.54 Å². The summed E-state index contributed by atoms with van der Waals surface area (Å²) >= 11 is 0. The SMILES string of the molecule is CCNCC1(O)CCCC(CC)C1. The minimum atomic E-state index is -0.408. The van der Waals surface area contributed by atoms with Gasteiger partial charge in [-0.2, -0.15) is 0 Å². The molecule has 13 heavy (non-hydrogen) atoms. The number of rotatable bonds is 4. The van der Waals surface area contributed by atoms with Gasteiger partial charge in [-0.3, -0.25) is 0 Å². The first-order valence-electron chi connectivity index (χ1n) is 5.63. The fourth-order valence-electron chi connectivity index (χ4n) is 2.33. The Bertz CT molecular complexity index is 149. The Balaban J connectivity index is 2.37. The highest BCUT2D eigenvalue weighted by atomic mass is 16.3. The molecule has 0 aromatic heterocycles. The van der Waals surface area contributed by atoms with Gasteiger partial charge in [0.05, 0.1) is 5.60 Å². The summed E-state index contributed by atoms with van der Waals surface area (Å²) in [5, 5.41) is 13.5. The van der Waals surface area contributed by atoms with Crippen LogP contribution >= 0.6 is 0 Å². The maximum Gasteiger partial charge on any atom is 0.0774 e. The largest absolute Gasteiger partial charge is 0.389 e. The van der Waals surface area contributed by atoms with Gasteiger partial charge in [0.2, 0.25) is 0 Å². The first-order chi connectivity index (χ1) is 6.20. The Kier molecular flexibility index (Phi) is 4.20. The van der Waals surface area contributed by atoms with Crippen LogP contribution < -0.4 is 5.32 Å². The van der Waals surface area contributed by atoms with Crippen molar-refractivity contribution in [2.45, 2.75) is 51.6 Å². The normalized spacial score (nSPS) is 34.8. The molecule has 78 valence electrons. The summed E-state index contributed by atoms with van der Waals surface area (Å²) in [6.07, 6.45) is 5.70. The fraction of sp³-hybridized carbons (Fsp3) is 1.00. The van der Waals surface area contributed by atoms with Gasteiger partial charge in [0.25, 0.3) is 0 Å². The molecule has 0 amide bonds. The lowest BCUT2D eigenvalue weighted by molar-refractivity contribution is -0.0150. The Hall–Kier alpha value is -0.0800. The third kappa shape index (κ3) is 3.28. The second kappa shape index (κ2) is 4.97. The number of hydrogen-bond donors (Lipinski definition) is 2. The van der Waals surface area contributed by atoms with Gasteiger partial charge >= 0.3 is 0 Å². The lowest BCUT2D eigenvalue weighted by Gasteiger charge is -2.36. The lowest BCUT2D eigenvalue weighted by atomic mass is 9.77.